The molecule has 1 aromatic carbocycles. The van der Waals surface area contributed by atoms with Crippen LogP contribution in [0.4, 0.5) is 10.4 Å². The number of hydrogen-bond acceptors (Lipinski definition) is 5. The van der Waals surface area contributed by atoms with Crippen molar-refractivity contribution in [3.8, 4) is 0 Å². The van der Waals surface area contributed by atoms with Crippen molar-refractivity contribution in [1.82, 2.24) is 10.1 Å². The summed E-state index contributed by atoms with van der Waals surface area (Å²) in [5.74, 6) is 5.16. The summed E-state index contributed by atoms with van der Waals surface area (Å²) in [5, 5.41) is 3.63. The van der Waals surface area contributed by atoms with Crippen LogP contribution in [0.25, 0.3) is 0 Å². The minimum atomic E-state index is -0.287. The van der Waals surface area contributed by atoms with Crippen LogP contribution in [0.15, 0.2) is 28.8 Å². The van der Waals surface area contributed by atoms with E-state index in [1.807, 2.05) is 0 Å². The molecule has 0 radical (unpaired) electrons. The molecule has 3 N–H and O–H groups in total. The van der Waals surface area contributed by atoms with E-state index in [2.05, 4.69) is 15.6 Å². The van der Waals surface area contributed by atoms with Gasteiger partial charge in [0.2, 0.25) is 0 Å². The SMILES string of the molecule is NNc1nc(Cc2ccccc2F)no1. The molecule has 0 aliphatic heterocycles. The van der Waals surface area contributed by atoms with Gasteiger partial charge >= 0.3 is 6.01 Å². The van der Waals surface area contributed by atoms with E-state index >= 15 is 0 Å². The molecule has 0 atom stereocenters. The van der Waals surface area contributed by atoms with Gasteiger partial charge in [0.1, 0.15) is 5.82 Å². The van der Waals surface area contributed by atoms with Crippen molar-refractivity contribution in [1.29, 1.82) is 0 Å². The number of anilines is 1. The van der Waals surface area contributed by atoms with E-state index in [0.29, 0.717) is 11.4 Å². The lowest BCUT2D eigenvalue weighted by atomic mass is 10.1. The summed E-state index contributed by atoms with van der Waals surface area (Å²) in [7, 11) is 0. The quantitative estimate of drug-likeness (QED) is 0.583. The summed E-state index contributed by atoms with van der Waals surface area (Å²) in [5.41, 5.74) is 2.73. The summed E-state index contributed by atoms with van der Waals surface area (Å²) in [4.78, 5) is 3.88. The van der Waals surface area contributed by atoms with Gasteiger partial charge in [0.05, 0.1) is 0 Å². The van der Waals surface area contributed by atoms with E-state index in [1.54, 1.807) is 18.2 Å². The zero-order valence-corrected chi connectivity index (χ0v) is 7.77. The van der Waals surface area contributed by atoms with Crippen LogP contribution in [0.3, 0.4) is 0 Å². The molecule has 0 aliphatic rings. The van der Waals surface area contributed by atoms with Gasteiger partial charge in [0.25, 0.3) is 0 Å². The van der Waals surface area contributed by atoms with Crippen LogP contribution in [-0.2, 0) is 6.42 Å². The Labute approximate surface area is 85.1 Å². The van der Waals surface area contributed by atoms with Gasteiger partial charge in [0.15, 0.2) is 5.82 Å². The molecular weight excluding hydrogens is 199 g/mol. The third kappa shape index (κ3) is 2.10. The van der Waals surface area contributed by atoms with Crippen LogP contribution >= 0.6 is 0 Å². The lowest BCUT2D eigenvalue weighted by Crippen LogP contribution is -2.06. The number of benzene rings is 1. The average molecular weight is 208 g/mol. The molecule has 0 amide bonds. The van der Waals surface area contributed by atoms with E-state index < -0.39 is 0 Å². The van der Waals surface area contributed by atoms with Crippen LogP contribution in [0.2, 0.25) is 0 Å². The molecule has 5 nitrogen and oxygen atoms in total. The van der Waals surface area contributed by atoms with Gasteiger partial charge in [-0.1, -0.05) is 23.4 Å². The van der Waals surface area contributed by atoms with E-state index in [1.165, 1.54) is 6.07 Å². The van der Waals surface area contributed by atoms with Gasteiger partial charge < -0.3 is 4.52 Å². The maximum absolute atomic E-state index is 13.2. The number of nitrogen functional groups attached to an aromatic ring is 1. The molecule has 0 unspecified atom stereocenters. The van der Waals surface area contributed by atoms with Gasteiger partial charge in [-0.05, 0) is 11.6 Å². The maximum Gasteiger partial charge on any atom is 0.335 e. The molecular formula is C9H9FN4O. The highest BCUT2D eigenvalue weighted by Crippen LogP contribution is 2.11. The van der Waals surface area contributed by atoms with Crippen molar-refractivity contribution in [2.75, 3.05) is 5.43 Å². The number of aromatic nitrogens is 2. The Morgan fingerprint density at radius 2 is 2.20 bits per heavy atom. The summed E-state index contributed by atoms with van der Waals surface area (Å²) >= 11 is 0. The lowest BCUT2D eigenvalue weighted by Gasteiger charge is -1.97. The van der Waals surface area contributed by atoms with E-state index in [-0.39, 0.29) is 18.3 Å². The molecule has 0 bridgehead atoms. The standard InChI is InChI=1S/C9H9FN4O/c10-7-4-2-1-3-6(7)5-8-12-9(13-11)15-14-8/h1-4H,5,11H2,(H,12,13,14). The Bertz CT molecular complexity index is 457. The minimum absolute atomic E-state index is 0.112. The Balaban J connectivity index is 2.18. The van der Waals surface area contributed by atoms with Crippen molar-refractivity contribution < 1.29 is 8.91 Å². The number of nitrogens with zero attached hydrogens (tertiary/aromatic N) is 2. The highest BCUT2D eigenvalue weighted by atomic mass is 19.1. The van der Waals surface area contributed by atoms with Gasteiger partial charge in [-0.3, -0.25) is 5.43 Å². The normalized spacial score (nSPS) is 10.3. The van der Waals surface area contributed by atoms with Crippen molar-refractivity contribution >= 4 is 6.01 Å². The van der Waals surface area contributed by atoms with Crippen molar-refractivity contribution in [2.45, 2.75) is 6.42 Å². The number of rotatable bonds is 3. The zero-order valence-electron chi connectivity index (χ0n) is 7.77. The van der Waals surface area contributed by atoms with E-state index in [9.17, 15) is 4.39 Å². The first-order valence-corrected chi connectivity index (χ1v) is 4.32. The van der Waals surface area contributed by atoms with Crippen molar-refractivity contribution in [2.24, 2.45) is 5.84 Å². The van der Waals surface area contributed by atoms with Crippen LogP contribution in [0, 0.1) is 5.82 Å². The molecule has 0 aliphatic carbocycles. The van der Waals surface area contributed by atoms with Gasteiger partial charge in [-0.25, -0.2) is 10.2 Å². The van der Waals surface area contributed by atoms with E-state index in [4.69, 9.17) is 10.4 Å². The monoisotopic (exact) mass is 208 g/mol. The average Bonchev–Trinajstić information content (AvgIpc) is 2.69. The second-order valence-electron chi connectivity index (χ2n) is 2.93. The summed E-state index contributed by atoms with van der Waals surface area (Å²) in [6, 6.07) is 6.54. The molecule has 0 fully saturated rings. The van der Waals surface area contributed by atoms with E-state index in [0.717, 1.165) is 0 Å². The van der Waals surface area contributed by atoms with Gasteiger partial charge in [-0.2, -0.15) is 4.98 Å². The topological polar surface area (TPSA) is 77.0 Å². The molecule has 0 spiro atoms. The number of halogens is 1. The number of nitrogens with two attached hydrogens (primary N) is 1. The van der Waals surface area contributed by atoms with Crippen LogP contribution in [0.5, 0.6) is 0 Å². The fourth-order valence-electron chi connectivity index (χ4n) is 1.20. The second kappa shape index (κ2) is 4.05. The minimum Gasteiger partial charge on any atom is -0.314 e. The Morgan fingerprint density at radius 1 is 1.40 bits per heavy atom. The molecule has 0 saturated carbocycles. The third-order valence-electron chi connectivity index (χ3n) is 1.90. The molecule has 78 valence electrons. The van der Waals surface area contributed by atoms with Crippen LogP contribution in [-0.4, -0.2) is 10.1 Å². The van der Waals surface area contributed by atoms with Crippen molar-refractivity contribution in [3.05, 3.63) is 41.5 Å². The van der Waals surface area contributed by atoms with Gasteiger partial charge in [-0.15, -0.1) is 0 Å². The third-order valence-corrected chi connectivity index (χ3v) is 1.90. The molecule has 2 aromatic rings. The Kier molecular flexibility index (Phi) is 2.59. The molecule has 15 heavy (non-hydrogen) atoms. The molecule has 1 aromatic heterocycles. The van der Waals surface area contributed by atoms with Crippen LogP contribution in [0.1, 0.15) is 11.4 Å². The fraction of sp³-hybridized carbons (Fsp3) is 0.111. The predicted molar refractivity (Wildman–Crippen MR) is 51.3 cm³/mol. The molecule has 6 heteroatoms. The first-order chi connectivity index (χ1) is 7.29. The first kappa shape index (κ1) is 9.60. The zero-order chi connectivity index (χ0) is 10.7. The number of hydrogen-bond donors (Lipinski definition) is 2. The first-order valence-electron chi connectivity index (χ1n) is 4.32. The maximum atomic E-state index is 13.2. The largest absolute Gasteiger partial charge is 0.335 e. The molecule has 1 heterocycles. The highest BCUT2D eigenvalue weighted by molar-refractivity contribution is 5.22. The summed E-state index contributed by atoms with van der Waals surface area (Å²) in [6.45, 7) is 0. The molecule has 0 saturated heterocycles. The summed E-state index contributed by atoms with van der Waals surface area (Å²) < 4.78 is 17.9. The number of nitrogens with one attached hydrogen (secondary N) is 1. The smallest absolute Gasteiger partial charge is 0.314 e. The Hall–Kier alpha value is -1.95. The lowest BCUT2D eigenvalue weighted by molar-refractivity contribution is 0.424. The highest BCUT2D eigenvalue weighted by Gasteiger charge is 2.08. The Morgan fingerprint density at radius 3 is 2.87 bits per heavy atom. The number of hydrazine groups is 1. The van der Waals surface area contributed by atoms with Crippen LogP contribution < -0.4 is 11.3 Å². The molecule has 2 rings (SSSR count). The second-order valence-corrected chi connectivity index (χ2v) is 2.93. The summed E-state index contributed by atoms with van der Waals surface area (Å²) in [6.07, 6.45) is 0.276. The fourth-order valence-corrected chi connectivity index (χ4v) is 1.20. The van der Waals surface area contributed by atoms with Gasteiger partial charge in [0, 0.05) is 6.42 Å². The van der Waals surface area contributed by atoms with Crippen molar-refractivity contribution in [3.63, 3.8) is 0 Å². The predicted octanol–water partition coefficient (Wildman–Crippen LogP) is 1.09.